The number of carbonyl (C=O) groups is 1. The second-order valence-corrected chi connectivity index (χ2v) is 34.3. The second kappa shape index (κ2) is 13.1. The molecule has 2 radical (unpaired) electrons. The number of ether oxygens (including phenoxy) is 2. The van der Waals surface area contributed by atoms with Crippen molar-refractivity contribution >= 4 is 37.7 Å². The summed E-state index contributed by atoms with van der Waals surface area (Å²) in [5, 5.41) is 0. The van der Waals surface area contributed by atoms with Crippen LogP contribution in [-0.4, -0.2) is 64.1 Å². The van der Waals surface area contributed by atoms with Crippen molar-refractivity contribution in [3.05, 3.63) is 12.2 Å². The molecular formula is C17H36O5Si4. The van der Waals surface area contributed by atoms with Crippen LogP contribution in [0.25, 0.3) is 0 Å². The number of rotatable bonds is 15. The van der Waals surface area contributed by atoms with Gasteiger partial charge in [-0.3, -0.25) is 0 Å². The number of hydrogen-bond donors (Lipinski definition) is 0. The maximum Gasteiger partial charge on any atom is 0.333 e. The summed E-state index contributed by atoms with van der Waals surface area (Å²) in [6, 6.07) is 1.29. The van der Waals surface area contributed by atoms with Gasteiger partial charge in [-0.15, -0.1) is 0 Å². The first-order chi connectivity index (χ1) is 12.1. The van der Waals surface area contributed by atoms with Crippen LogP contribution in [0.4, 0.5) is 0 Å². The van der Waals surface area contributed by atoms with Gasteiger partial charge in [-0.05, 0) is 13.3 Å². The summed E-state index contributed by atoms with van der Waals surface area (Å²) in [6.45, 7) is 18.5. The number of carbonyl (C=O) groups excluding carboxylic acids is 1. The minimum absolute atomic E-state index is 0.150. The molecular weight excluding hydrogens is 397 g/mol. The summed E-state index contributed by atoms with van der Waals surface area (Å²) in [4.78, 5) is 11.2. The Morgan fingerprint density at radius 2 is 1.73 bits per heavy atom. The zero-order valence-corrected chi connectivity index (χ0v) is 21.4. The van der Waals surface area contributed by atoms with Crippen LogP contribution in [0.3, 0.4) is 0 Å². The molecule has 0 aliphatic rings. The summed E-state index contributed by atoms with van der Waals surface area (Å²) in [7, 11) is -4.56. The molecule has 0 spiro atoms. The molecule has 0 saturated carbocycles. The maximum atomic E-state index is 12.8. The van der Waals surface area contributed by atoms with E-state index >= 15 is 0 Å². The summed E-state index contributed by atoms with van der Waals surface area (Å²) < 4.78 is 28.9. The summed E-state index contributed by atoms with van der Waals surface area (Å²) in [5.74, 6) is -0.388. The zero-order chi connectivity index (χ0) is 20.2. The quantitative estimate of drug-likeness (QED) is 0.172. The first kappa shape index (κ1) is 25.8. The lowest BCUT2D eigenvalue weighted by Gasteiger charge is -2.36. The van der Waals surface area contributed by atoms with E-state index in [0.29, 0.717) is 25.4 Å². The average Bonchev–Trinajstić information content (AvgIpc) is 2.57. The molecule has 5 nitrogen and oxygen atoms in total. The van der Waals surface area contributed by atoms with Gasteiger partial charge < -0.3 is 18.4 Å². The Kier molecular flexibility index (Phi) is 13.0. The summed E-state index contributed by atoms with van der Waals surface area (Å²) in [6.07, 6.45) is 3.23. The Bertz CT molecular complexity index is 466. The molecule has 0 aromatic rings. The largest absolute Gasteiger partial charge is 0.460 e. The minimum atomic E-state index is -1.69. The molecule has 0 amide bonds. The first-order valence-electron chi connectivity index (χ1n) is 9.39. The molecule has 0 unspecified atom stereocenters. The van der Waals surface area contributed by atoms with Crippen LogP contribution < -0.4 is 0 Å². The van der Waals surface area contributed by atoms with E-state index in [1.165, 1.54) is 18.9 Å². The van der Waals surface area contributed by atoms with Crippen LogP contribution in [0.15, 0.2) is 12.2 Å². The Labute approximate surface area is 164 Å². The first-order valence-corrected chi connectivity index (χ1v) is 20.9. The van der Waals surface area contributed by atoms with Gasteiger partial charge in [0.2, 0.25) is 0 Å². The van der Waals surface area contributed by atoms with Crippen molar-refractivity contribution in [3.63, 3.8) is 0 Å². The van der Waals surface area contributed by atoms with Crippen LogP contribution in [-0.2, 0) is 23.2 Å². The highest BCUT2D eigenvalue weighted by molar-refractivity contribution is 7.69. The molecule has 26 heavy (non-hydrogen) atoms. The van der Waals surface area contributed by atoms with E-state index in [9.17, 15) is 9.26 Å². The fourth-order valence-corrected chi connectivity index (χ4v) is 31.1. The lowest BCUT2D eigenvalue weighted by atomic mass is 10.4. The van der Waals surface area contributed by atoms with Crippen molar-refractivity contribution < 1.29 is 23.2 Å². The fourth-order valence-electron chi connectivity index (χ4n) is 2.13. The third kappa shape index (κ3) is 9.65. The molecule has 0 atom stereocenters. The molecule has 0 aromatic heterocycles. The van der Waals surface area contributed by atoms with Crippen LogP contribution in [0, 0.1) is 0 Å². The lowest BCUT2D eigenvalue weighted by Crippen LogP contribution is -2.63. The van der Waals surface area contributed by atoms with Gasteiger partial charge in [0.15, 0.2) is 0 Å². The Morgan fingerprint density at radius 1 is 1.08 bits per heavy atom. The highest BCUT2D eigenvalue weighted by Crippen LogP contribution is 2.25. The Balaban J connectivity index is 3.88. The van der Waals surface area contributed by atoms with Gasteiger partial charge >= 0.3 is 5.97 Å². The highest BCUT2D eigenvalue weighted by atomic mass is 29.8. The van der Waals surface area contributed by atoms with Crippen molar-refractivity contribution in [2.24, 2.45) is 0 Å². The molecule has 0 aromatic carbocycles. The van der Waals surface area contributed by atoms with Gasteiger partial charge in [-0.1, -0.05) is 58.6 Å². The predicted molar refractivity (Wildman–Crippen MR) is 114 cm³/mol. The smallest absolute Gasteiger partial charge is 0.333 e. The monoisotopic (exact) mass is 432 g/mol. The Hall–Kier alpha value is -0.202. The van der Waals surface area contributed by atoms with Gasteiger partial charge in [-0.25, -0.2) is 4.79 Å². The standard InChI is InChI=1S/C17H36O5Si4/c1-8-9-15-25(4,5)26(6,7)24(19)23-22-12-10-11-20-13-14-21-17(18)16(2)3/h2,8-15H2,1,3-7H3. The van der Waals surface area contributed by atoms with Gasteiger partial charge in [0.1, 0.15) is 6.61 Å². The highest BCUT2D eigenvalue weighted by Gasteiger charge is 2.47. The number of esters is 1. The molecule has 0 rings (SSSR count). The molecule has 0 aliphatic carbocycles. The van der Waals surface area contributed by atoms with E-state index in [0.717, 1.165) is 6.42 Å². The van der Waals surface area contributed by atoms with Crippen LogP contribution in [0.2, 0.25) is 32.2 Å². The van der Waals surface area contributed by atoms with Crippen molar-refractivity contribution in [2.75, 3.05) is 26.4 Å². The van der Waals surface area contributed by atoms with Gasteiger partial charge in [0, 0.05) is 26.4 Å². The molecule has 0 saturated heterocycles. The average molecular weight is 433 g/mol. The molecule has 0 bridgehead atoms. The molecule has 9 heteroatoms. The number of unbranched alkanes of at least 4 members (excludes halogenated alkanes) is 1. The van der Waals surface area contributed by atoms with E-state index in [1.54, 1.807) is 6.92 Å². The van der Waals surface area contributed by atoms with Crippen molar-refractivity contribution in [1.29, 1.82) is 0 Å². The van der Waals surface area contributed by atoms with Crippen LogP contribution in [0.5, 0.6) is 0 Å². The SMILES string of the molecule is C=C(C)C(=O)OCCOCCCO[Si][Si](=O)[Si](C)(C)[Si](C)(C)CCCC. The lowest BCUT2D eigenvalue weighted by molar-refractivity contribution is -0.140. The van der Waals surface area contributed by atoms with Gasteiger partial charge in [0.05, 0.1) is 13.7 Å². The van der Waals surface area contributed by atoms with Gasteiger partial charge in [-0.2, -0.15) is 0 Å². The topological polar surface area (TPSA) is 61.8 Å². The molecule has 150 valence electrons. The molecule has 0 aliphatic heterocycles. The normalized spacial score (nSPS) is 12.1. The van der Waals surface area contributed by atoms with E-state index in [1.807, 2.05) is 0 Å². The molecule has 0 N–H and O–H groups in total. The second-order valence-electron chi connectivity index (χ2n) is 7.77. The van der Waals surface area contributed by atoms with E-state index < -0.39 is 22.4 Å². The summed E-state index contributed by atoms with van der Waals surface area (Å²) in [5.41, 5.74) is 0.391. The number of hydrogen-bond acceptors (Lipinski definition) is 5. The third-order valence-electron chi connectivity index (χ3n) is 4.92. The van der Waals surface area contributed by atoms with E-state index in [2.05, 4.69) is 39.7 Å². The maximum absolute atomic E-state index is 12.8. The van der Waals surface area contributed by atoms with Crippen molar-refractivity contribution in [2.45, 2.75) is 65.3 Å². The summed E-state index contributed by atoms with van der Waals surface area (Å²) >= 11 is 0. The molecule has 0 heterocycles. The Morgan fingerprint density at radius 3 is 2.31 bits per heavy atom. The third-order valence-corrected chi connectivity index (χ3v) is 43.8. The van der Waals surface area contributed by atoms with E-state index in [4.69, 9.17) is 13.9 Å². The van der Waals surface area contributed by atoms with E-state index in [-0.39, 0.29) is 21.9 Å². The van der Waals surface area contributed by atoms with Gasteiger partial charge in [0.25, 0.3) is 17.0 Å². The predicted octanol–water partition coefficient (Wildman–Crippen LogP) is 3.44. The molecule has 0 fully saturated rings. The van der Waals surface area contributed by atoms with Crippen molar-refractivity contribution in [3.8, 4) is 0 Å². The fraction of sp³-hybridized carbons (Fsp3) is 0.824. The zero-order valence-electron chi connectivity index (χ0n) is 17.4. The van der Waals surface area contributed by atoms with Crippen LogP contribution >= 0.6 is 0 Å². The van der Waals surface area contributed by atoms with Crippen LogP contribution in [0.1, 0.15) is 33.1 Å². The minimum Gasteiger partial charge on any atom is -0.460 e. The van der Waals surface area contributed by atoms with Crippen molar-refractivity contribution in [1.82, 2.24) is 0 Å².